The maximum Gasteiger partial charge on any atom is 0.311 e. The number of benzene rings is 2. The van der Waals surface area contributed by atoms with E-state index < -0.39 is 11.9 Å². The monoisotopic (exact) mass is 526 g/mol. The average molecular weight is 527 g/mol. The molecule has 2 aliphatic rings. The Morgan fingerprint density at radius 1 is 0.763 bits per heavy atom. The number of aliphatic carboxylic acids is 1. The van der Waals surface area contributed by atoms with Crippen molar-refractivity contribution >= 4 is 11.8 Å². The highest BCUT2D eigenvalue weighted by Gasteiger charge is 2.32. The Kier molecular flexibility index (Phi) is 10.5. The molecule has 2 atom stereocenters. The van der Waals surface area contributed by atoms with Gasteiger partial charge < -0.3 is 24.1 Å². The lowest BCUT2D eigenvalue weighted by Crippen LogP contribution is -2.20. The summed E-state index contributed by atoms with van der Waals surface area (Å²) in [6.45, 7) is 4.32. The Morgan fingerprint density at radius 3 is 1.61 bits per heavy atom. The van der Waals surface area contributed by atoms with E-state index in [1.807, 2.05) is 18.2 Å². The fourth-order valence-corrected chi connectivity index (χ4v) is 5.69. The number of carbonyl (C=O) groups is 2. The van der Waals surface area contributed by atoms with Crippen molar-refractivity contribution < 1.29 is 33.6 Å². The lowest BCUT2D eigenvalue weighted by Gasteiger charge is -2.28. The lowest BCUT2D eigenvalue weighted by molar-refractivity contribution is -0.139. The summed E-state index contributed by atoms with van der Waals surface area (Å²) in [5, 5.41) is 9.27. The van der Waals surface area contributed by atoms with Gasteiger partial charge in [-0.05, 0) is 75.1 Å². The second kappa shape index (κ2) is 13.5. The van der Waals surface area contributed by atoms with Crippen LogP contribution in [0.25, 0.3) is 0 Å². The number of carboxylic acids is 1. The van der Waals surface area contributed by atoms with Crippen molar-refractivity contribution in [3.8, 4) is 23.0 Å². The molecule has 7 nitrogen and oxygen atoms in total. The molecular formula is C31H42O7. The largest absolute Gasteiger partial charge is 0.496 e. The van der Waals surface area contributed by atoms with Gasteiger partial charge in [-0.2, -0.15) is 0 Å². The van der Waals surface area contributed by atoms with Crippen LogP contribution in [0.5, 0.6) is 23.0 Å². The van der Waals surface area contributed by atoms with Crippen molar-refractivity contribution in [2.45, 2.75) is 77.0 Å². The first-order valence-corrected chi connectivity index (χ1v) is 13.5. The van der Waals surface area contributed by atoms with Gasteiger partial charge in [0.15, 0.2) is 0 Å². The first-order chi connectivity index (χ1) is 18.3. The van der Waals surface area contributed by atoms with Gasteiger partial charge >= 0.3 is 5.97 Å². The van der Waals surface area contributed by atoms with Crippen LogP contribution in [-0.4, -0.2) is 45.3 Å². The summed E-state index contributed by atoms with van der Waals surface area (Å²) in [5.41, 5.74) is 3.99. The quantitative estimate of drug-likeness (QED) is 0.408. The standard InChI is InChI=1S/C18H26O3.C13H16O4/c1-12(2)8-9-15(19)13-6-5-7-14-16(20-3)10-11-17(21-4)18(13)14;1-16-10-6-7-11(17-2)12-8(10)4-3-5-9(12)13(14)15/h10-13H,5-9H2,1-4H3;6-7,9H,3-5H2,1-2H3,(H,14,15). The number of hydrogen-bond donors (Lipinski definition) is 1. The molecule has 0 amide bonds. The summed E-state index contributed by atoms with van der Waals surface area (Å²) in [6, 6.07) is 7.48. The minimum Gasteiger partial charge on any atom is -0.496 e. The molecule has 0 spiro atoms. The van der Waals surface area contributed by atoms with Crippen LogP contribution in [0.4, 0.5) is 0 Å². The van der Waals surface area contributed by atoms with Gasteiger partial charge in [0.1, 0.15) is 28.8 Å². The molecule has 2 aromatic rings. The highest BCUT2D eigenvalue weighted by atomic mass is 16.5. The Labute approximate surface area is 226 Å². The molecule has 0 bridgehead atoms. The zero-order chi connectivity index (χ0) is 27.8. The normalized spacial score (nSPS) is 17.9. The van der Waals surface area contributed by atoms with Crippen molar-refractivity contribution in [2.75, 3.05) is 28.4 Å². The van der Waals surface area contributed by atoms with Gasteiger partial charge in [-0.3, -0.25) is 9.59 Å². The van der Waals surface area contributed by atoms with E-state index in [2.05, 4.69) is 13.8 Å². The molecule has 208 valence electrons. The molecule has 2 aliphatic carbocycles. The Balaban J connectivity index is 0.000000215. The second-order valence-electron chi connectivity index (χ2n) is 10.4. The third-order valence-electron chi connectivity index (χ3n) is 7.62. The molecule has 2 aromatic carbocycles. The number of Topliss-reactive ketones (excluding diaryl/α,β-unsaturated/α-hetero) is 1. The molecule has 1 N–H and O–H groups in total. The van der Waals surface area contributed by atoms with Crippen molar-refractivity contribution in [1.29, 1.82) is 0 Å². The first kappa shape index (κ1) is 29.3. The van der Waals surface area contributed by atoms with Gasteiger partial charge in [-0.1, -0.05) is 13.8 Å². The second-order valence-corrected chi connectivity index (χ2v) is 10.4. The molecule has 38 heavy (non-hydrogen) atoms. The Hall–Kier alpha value is -3.22. The minimum absolute atomic E-state index is 0.0300. The van der Waals surface area contributed by atoms with Gasteiger partial charge in [-0.15, -0.1) is 0 Å². The van der Waals surface area contributed by atoms with Gasteiger partial charge in [0.05, 0.1) is 34.4 Å². The summed E-state index contributed by atoms with van der Waals surface area (Å²) in [7, 11) is 6.53. The third kappa shape index (κ3) is 6.43. The van der Waals surface area contributed by atoms with Crippen LogP contribution in [0, 0.1) is 5.92 Å². The minimum atomic E-state index is -0.794. The summed E-state index contributed by atoms with van der Waals surface area (Å²) in [6.07, 6.45) is 6.91. The number of methoxy groups -OCH3 is 4. The van der Waals surface area contributed by atoms with E-state index in [1.165, 1.54) is 0 Å². The summed E-state index contributed by atoms with van der Waals surface area (Å²) in [5.74, 6) is 2.71. The van der Waals surface area contributed by atoms with E-state index in [1.54, 1.807) is 34.5 Å². The molecule has 0 fully saturated rings. The van der Waals surface area contributed by atoms with E-state index in [0.717, 1.165) is 78.0 Å². The topological polar surface area (TPSA) is 91.3 Å². The fraction of sp³-hybridized carbons (Fsp3) is 0.548. The van der Waals surface area contributed by atoms with Gasteiger partial charge in [-0.25, -0.2) is 0 Å². The highest BCUT2D eigenvalue weighted by Crippen LogP contribution is 2.44. The predicted molar refractivity (Wildman–Crippen MR) is 147 cm³/mol. The molecule has 0 radical (unpaired) electrons. The van der Waals surface area contributed by atoms with Crippen LogP contribution in [-0.2, 0) is 22.4 Å². The summed E-state index contributed by atoms with van der Waals surface area (Å²) >= 11 is 0. The van der Waals surface area contributed by atoms with Gasteiger partial charge in [0.2, 0.25) is 0 Å². The maximum absolute atomic E-state index is 12.6. The van der Waals surface area contributed by atoms with E-state index in [0.29, 0.717) is 30.3 Å². The number of hydrogen-bond acceptors (Lipinski definition) is 6. The number of ketones is 1. The fourth-order valence-electron chi connectivity index (χ4n) is 5.69. The van der Waals surface area contributed by atoms with Crippen molar-refractivity contribution in [1.82, 2.24) is 0 Å². The van der Waals surface area contributed by atoms with E-state index >= 15 is 0 Å². The Morgan fingerprint density at radius 2 is 1.18 bits per heavy atom. The van der Waals surface area contributed by atoms with Crippen LogP contribution in [0.1, 0.15) is 86.5 Å². The zero-order valence-corrected chi connectivity index (χ0v) is 23.6. The number of carbonyl (C=O) groups excluding carboxylic acids is 1. The molecule has 0 aliphatic heterocycles. The average Bonchev–Trinajstić information content (AvgIpc) is 2.94. The number of fused-ring (bicyclic) bond motifs is 2. The summed E-state index contributed by atoms with van der Waals surface area (Å²) < 4.78 is 21.5. The summed E-state index contributed by atoms with van der Waals surface area (Å²) in [4.78, 5) is 23.9. The molecule has 0 saturated heterocycles. The SMILES string of the molecule is COc1ccc(OC)c2c1CCCC2C(=O)CCC(C)C.COc1ccc(OC)c2c1CCCC2C(=O)O. The highest BCUT2D eigenvalue weighted by molar-refractivity contribution is 5.87. The smallest absolute Gasteiger partial charge is 0.311 e. The van der Waals surface area contributed by atoms with Crippen molar-refractivity contribution in [3.05, 3.63) is 46.5 Å². The molecule has 0 heterocycles. The van der Waals surface area contributed by atoms with Crippen LogP contribution in [0.3, 0.4) is 0 Å². The van der Waals surface area contributed by atoms with Gasteiger partial charge in [0.25, 0.3) is 0 Å². The number of carboxylic acid groups (broad SMARTS) is 1. The van der Waals surface area contributed by atoms with Crippen LogP contribution in [0.15, 0.2) is 24.3 Å². The molecule has 2 unspecified atom stereocenters. The van der Waals surface area contributed by atoms with Gasteiger partial charge in [0, 0.05) is 34.6 Å². The zero-order valence-electron chi connectivity index (χ0n) is 23.6. The number of ether oxygens (including phenoxy) is 4. The Bertz CT molecular complexity index is 1120. The molecule has 0 saturated carbocycles. The third-order valence-corrected chi connectivity index (χ3v) is 7.62. The predicted octanol–water partition coefficient (Wildman–Crippen LogP) is 6.34. The van der Waals surface area contributed by atoms with E-state index in [4.69, 9.17) is 18.9 Å². The van der Waals surface area contributed by atoms with Crippen LogP contribution in [0.2, 0.25) is 0 Å². The molecule has 4 rings (SSSR count). The molecular weight excluding hydrogens is 484 g/mol. The van der Waals surface area contributed by atoms with E-state index in [-0.39, 0.29) is 5.92 Å². The van der Waals surface area contributed by atoms with Crippen LogP contribution < -0.4 is 18.9 Å². The van der Waals surface area contributed by atoms with E-state index in [9.17, 15) is 14.7 Å². The molecule has 0 aromatic heterocycles. The van der Waals surface area contributed by atoms with Crippen LogP contribution >= 0.6 is 0 Å². The molecule has 7 heteroatoms. The van der Waals surface area contributed by atoms with Crippen molar-refractivity contribution in [3.63, 3.8) is 0 Å². The lowest BCUT2D eigenvalue weighted by atomic mass is 9.78. The first-order valence-electron chi connectivity index (χ1n) is 13.5. The van der Waals surface area contributed by atoms with Crippen molar-refractivity contribution in [2.24, 2.45) is 5.92 Å². The maximum atomic E-state index is 12.6. The number of rotatable bonds is 9.